The highest BCUT2D eigenvalue weighted by Crippen LogP contribution is 2.28. The van der Waals surface area contributed by atoms with E-state index in [0.29, 0.717) is 0 Å². The summed E-state index contributed by atoms with van der Waals surface area (Å²) >= 11 is 0. The second-order valence-electron chi connectivity index (χ2n) is 4.32. The van der Waals surface area contributed by atoms with E-state index in [4.69, 9.17) is 0 Å². The third-order valence-corrected chi connectivity index (χ3v) is 3.22. The Hall–Kier alpha value is -2.82. The standard InChI is InChI=1S/C14H9N5/c1-2-10-7-15-16-8-12(10)11(3-1)9-4-5-13-14(6-9)18-19-17-13/h1-8H,(H,17,18,19). The molecule has 0 aliphatic carbocycles. The second-order valence-corrected chi connectivity index (χ2v) is 4.32. The number of nitrogens with zero attached hydrogens (tertiary/aromatic N) is 4. The van der Waals surface area contributed by atoms with Gasteiger partial charge in [0.1, 0.15) is 11.0 Å². The molecule has 2 heterocycles. The number of hydrogen-bond donors (Lipinski definition) is 1. The zero-order chi connectivity index (χ0) is 12.7. The van der Waals surface area contributed by atoms with E-state index in [2.05, 4.69) is 31.7 Å². The molecule has 0 unspecified atom stereocenters. The summed E-state index contributed by atoms with van der Waals surface area (Å²) in [7, 11) is 0. The van der Waals surface area contributed by atoms with Gasteiger partial charge in [-0.2, -0.15) is 25.6 Å². The molecule has 0 saturated carbocycles. The predicted octanol–water partition coefficient (Wildman–Crippen LogP) is 2.57. The molecule has 0 saturated heterocycles. The highest BCUT2D eigenvalue weighted by molar-refractivity contribution is 5.97. The Kier molecular flexibility index (Phi) is 2.05. The van der Waals surface area contributed by atoms with Gasteiger partial charge >= 0.3 is 0 Å². The molecule has 1 N–H and O–H groups in total. The first-order valence-corrected chi connectivity index (χ1v) is 5.92. The fraction of sp³-hybridized carbons (Fsp3) is 0. The number of aromatic amines is 1. The van der Waals surface area contributed by atoms with Gasteiger partial charge in [0.25, 0.3) is 0 Å². The lowest BCUT2D eigenvalue weighted by Crippen LogP contribution is -1.85. The Bertz CT molecular complexity index is 876. The maximum Gasteiger partial charge on any atom is 0.113 e. The molecule has 5 heteroatoms. The number of H-pyrrole nitrogens is 1. The summed E-state index contributed by atoms with van der Waals surface area (Å²) in [5.74, 6) is 0. The third-order valence-electron chi connectivity index (χ3n) is 3.22. The van der Waals surface area contributed by atoms with E-state index in [-0.39, 0.29) is 0 Å². The van der Waals surface area contributed by atoms with Gasteiger partial charge in [0.15, 0.2) is 0 Å². The zero-order valence-corrected chi connectivity index (χ0v) is 9.91. The second kappa shape index (κ2) is 3.84. The molecule has 19 heavy (non-hydrogen) atoms. The first-order valence-electron chi connectivity index (χ1n) is 5.92. The smallest absolute Gasteiger partial charge is 0.113 e. The minimum Gasteiger partial charge on any atom is -0.197 e. The molecule has 0 bridgehead atoms. The van der Waals surface area contributed by atoms with Crippen LogP contribution in [0.2, 0.25) is 0 Å². The molecule has 4 rings (SSSR count). The van der Waals surface area contributed by atoms with Gasteiger partial charge in [0.05, 0.1) is 12.4 Å². The summed E-state index contributed by atoms with van der Waals surface area (Å²) in [5, 5.41) is 20.8. The van der Waals surface area contributed by atoms with Gasteiger partial charge in [-0.05, 0) is 23.3 Å². The maximum atomic E-state index is 4.12. The van der Waals surface area contributed by atoms with Crippen molar-refractivity contribution in [3.8, 4) is 11.1 Å². The Morgan fingerprint density at radius 2 is 1.74 bits per heavy atom. The lowest BCUT2D eigenvalue weighted by Gasteiger charge is -2.05. The van der Waals surface area contributed by atoms with Crippen LogP contribution >= 0.6 is 0 Å². The van der Waals surface area contributed by atoms with Crippen molar-refractivity contribution in [3.05, 3.63) is 48.8 Å². The molecule has 2 aromatic carbocycles. The zero-order valence-electron chi connectivity index (χ0n) is 9.91. The summed E-state index contributed by atoms with van der Waals surface area (Å²) < 4.78 is 0. The molecule has 0 spiro atoms. The minimum atomic E-state index is 0.858. The lowest BCUT2D eigenvalue weighted by molar-refractivity contribution is 0.959. The summed E-state index contributed by atoms with van der Waals surface area (Å²) in [6.45, 7) is 0. The fourth-order valence-corrected chi connectivity index (χ4v) is 2.29. The van der Waals surface area contributed by atoms with E-state index in [1.165, 1.54) is 0 Å². The third kappa shape index (κ3) is 1.55. The van der Waals surface area contributed by atoms with Gasteiger partial charge in [-0.1, -0.05) is 24.3 Å². The van der Waals surface area contributed by atoms with Crippen LogP contribution in [0.4, 0.5) is 0 Å². The van der Waals surface area contributed by atoms with Crippen molar-refractivity contribution >= 4 is 21.8 Å². The molecule has 0 fully saturated rings. The highest BCUT2D eigenvalue weighted by Gasteiger charge is 2.06. The normalized spacial score (nSPS) is 11.2. The molecule has 5 nitrogen and oxygen atoms in total. The van der Waals surface area contributed by atoms with Crippen LogP contribution in [0.15, 0.2) is 48.8 Å². The fourth-order valence-electron chi connectivity index (χ4n) is 2.29. The molecular weight excluding hydrogens is 238 g/mol. The van der Waals surface area contributed by atoms with Crippen LogP contribution in [0, 0.1) is 0 Å². The summed E-state index contributed by atoms with van der Waals surface area (Å²) in [5.41, 5.74) is 3.94. The number of rotatable bonds is 1. The minimum absolute atomic E-state index is 0.858. The van der Waals surface area contributed by atoms with Gasteiger partial charge < -0.3 is 0 Å². The first-order chi connectivity index (χ1) is 9.42. The van der Waals surface area contributed by atoms with Crippen molar-refractivity contribution in [1.29, 1.82) is 0 Å². The van der Waals surface area contributed by atoms with Crippen molar-refractivity contribution in [3.63, 3.8) is 0 Å². The van der Waals surface area contributed by atoms with E-state index >= 15 is 0 Å². The van der Waals surface area contributed by atoms with Crippen molar-refractivity contribution in [2.24, 2.45) is 0 Å². The van der Waals surface area contributed by atoms with E-state index in [1.807, 2.05) is 30.3 Å². The van der Waals surface area contributed by atoms with Crippen LogP contribution in [0.3, 0.4) is 0 Å². The average Bonchev–Trinajstić information content (AvgIpc) is 2.94. The number of hydrogen-bond acceptors (Lipinski definition) is 4. The summed E-state index contributed by atoms with van der Waals surface area (Å²) in [6, 6.07) is 12.1. The van der Waals surface area contributed by atoms with E-state index in [0.717, 1.165) is 32.9 Å². The molecule has 2 aromatic heterocycles. The van der Waals surface area contributed by atoms with Crippen LogP contribution < -0.4 is 0 Å². The Labute approximate surface area is 108 Å². The van der Waals surface area contributed by atoms with E-state index < -0.39 is 0 Å². The highest BCUT2D eigenvalue weighted by atomic mass is 15.3. The topological polar surface area (TPSA) is 67.3 Å². The maximum absolute atomic E-state index is 4.12. The van der Waals surface area contributed by atoms with E-state index in [9.17, 15) is 0 Å². The molecule has 0 aliphatic rings. The van der Waals surface area contributed by atoms with E-state index in [1.54, 1.807) is 12.4 Å². The van der Waals surface area contributed by atoms with Crippen molar-refractivity contribution in [1.82, 2.24) is 25.6 Å². The Balaban J connectivity index is 2.03. The molecule has 0 radical (unpaired) electrons. The monoisotopic (exact) mass is 247 g/mol. The van der Waals surface area contributed by atoms with Crippen molar-refractivity contribution < 1.29 is 0 Å². The van der Waals surface area contributed by atoms with Gasteiger partial charge in [-0.15, -0.1) is 0 Å². The summed E-state index contributed by atoms with van der Waals surface area (Å²) in [4.78, 5) is 0. The van der Waals surface area contributed by atoms with Crippen LogP contribution in [-0.4, -0.2) is 25.6 Å². The lowest BCUT2D eigenvalue weighted by atomic mass is 10.00. The number of aromatic nitrogens is 5. The van der Waals surface area contributed by atoms with Gasteiger partial charge in [0, 0.05) is 10.8 Å². The summed E-state index contributed by atoms with van der Waals surface area (Å²) in [6.07, 6.45) is 3.56. The number of fused-ring (bicyclic) bond motifs is 2. The van der Waals surface area contributed by atoms with Crippen LogP contribution in [0.5, 0.6) is 0 Å². The van der Waals surface area contributed by atoms with Gasteiger partial charge in [0.2, 0.25) is 0 Å². The Morgan fingerprint density at radius 1 is 0.842 bits per heavy atom. The van der Waals surface area contributed by atoms with Crippen LogP contribution in [0.1, 0.15) is 0 Å². The van der Waals surface area contributed by atoms with Gasteiger partial charge in [-0.25, -0.2) is 0 Å². The molecule has 90 valence electrons. The predicted molar refractivity (Wildman–Crippen MR) is 72.4 cm³/mol. The van der Waals surface area contributed by atoms with Crippen LogP contribution in [-0.2, 0) is 0 Å². The van der Waals surface area contributed by atoms with Crippen LogP contribution in [0.25, 0.3) is 32.9 Å². The first kappa shape index (κ1) is 10.1. The molecule has 0 amide bonds. The number of nitrogens with one attached hydrogen (secondary N) is 1. The molecular formula is C14H9N5. The average molecular weight is 247 g/mol. The number of benzene rings is 2. The van der Waals surface area contributed by atoms with Gasteiger partial charge in [-0.3, -0.25) is 0 Å². The quantitative estimate of drug-likeness (QED) is 0.561. The van der Waals surface area contributed by atoms with Crippen molar-refractivity contribution in [2.45, 2.75) is 0 Å². The largest absolute Gasteiger partial charge is 0.197 e. The molecule has 0 aliphatic heterocycles. The molecule has 0 atom stereocenters. The van der Waals surface area contributed by atoms with Crippen molar-refractivity contribution in [2.75, 3.05) is 0 Å². The molecule has 4 aromatic rings. The Morgan fingerprint density at radius 3 is 2.74 bits per heavy atom. The SMILES string of the molecule is c1cc(-c2ccc3n[nH]nc3c2)c2cnncc2c1.